The van der Waals surface area contributed by atoms with Crippen molar-refractivity contribution in [3.63, 3.8) is 0 Å². The molecule has 0 aromatic rings. The summed E-state index contributed by atoms with van der Waals surface area (Å²) in [5.41, 5.74) is 0.0725. The molecule has 4 unspecified atom stereocenters. The molecule has 4 aliphatic carbocycles. The van der Waals surface area contributed by atoms with E-state index in [0.29, 0.717) is 24.2 Å². The summed E-state index contributed by atoms with van der Waals surface area (Å²) in [7, 11) is 0. The van der Waals surface area contributed by atoms with E-state index in [1.165, 1.54) is 6.92 Å². The van der Waals surface area contributed by atoms with Gasteiger partial charge in [-0.1, -0.05) is 22.9 Å². The normalized spacial score (nSPS) is 50.0. The van der Waals surface area contributed by atoms with E-state index < -0.39 is 0 Å². The minimum atomic E-state index is -0.389. The summed E-state index contributed by atoms with van der Waals surface area (Å²) in [6.07, 6.45) is 7.97. The second-order valence-corrected chi connectivity index (χ2v) is 12.4. The molecule has 31 heavy (non-hydrogen) atoms. The van der Waals surface area contributed by atoms with Crippen molar-refractivity contribution in [1.82, 2.24) is 0 Å². The third-order valence-corrected chi connectivity index (χ3v) is 11.6. The van der Waals surface area contributed by atoms with Crippen LogP contribution in [0.25, 0.3) is 0 Å². The quantitative estimate of drug-likeness (QED) is 0.327. The van der Waals surface area contributed by atoms with Gasteiger partial charge in [-0.3, -0.25) is 14.4 Å². The van der Waals surface area contributed by atoms with Crippen LogP contribution in [-0.4, -0.2) is 48.0 Å². The van der Waals surface area contributed by atoms with Crippen molar-refractivity contribution in [2.45, 2.75) is 81.7 Å². The molecule has 4 saturated carbocycles. The van der Waals surface area contributed by atoms with Gasteiger partial charge >= 0.3 is 5.97 Å². The number of alkyl halides is 1. The van der Waals surface area contributed by atoms with Crippen molar-refractivity contribution in [1.29, 1.82) is 0 Å². The minimum Gasteiger partial charge on any atom is -0.465 e. The first-order valence-electron chi connectivity index (χ1n) is 11.8. The van der Waals surface area contributed by atoms with Crippen molar-refractivity contribution in [2.75, 3.05) is 13.2 Å². The number of esters is 1. The van der Waals surface area contributed by atoms with Gasteiger partial charge in [0.05, 0.1) is 17.0 Å². The van der Waals surface area contributed by atoms with Gasteiger partial charge in [0.1, 0.15) is 12.7 Å². The molecule has 9 atom stereocenters. The molecule has 1 aliphatic heterocycles. The molecule has 0 aromatic carbocycles. The number of carbonyl (C=O) groups is 3. The van der Waals surface area contributed by atoms with Gasteiger partial charge in [-0.05, 0) is 68.1 Å². The SMILES string of the molecule is CC(=O)OCC(=O)[C@H]1CCC2C3C[C@H]4OC[C@@]5(CCC(OC=O)C[C@]45Br)C3CC[C@@]21C. The Morgan fingerprint density at radius 1 is 1.16 bits per heavy atom. The zero-order chi connectivity index (χ0) is 22.0. The number of ether oxygens (including phenoxy) is 3. The Hall–Kier alpha value is -0.950. The number of Topliss-reactive ketones (excluding diaryl/α,β-unsaturated/α-hetero) is 1. The van der Waals surface area contributed by atoms with Crippen molar-refractivity contribution in [2.24, 2.45) is 34.5 Å². The predicted molar refractivity (Wildman–Crippen MR) is 115 cm³/mol. The van der Waals surface area contributed by atoms with Crippen LogP contribution in [0.4, 0.5) is 0 Å². The van der Waals surface area contributed by atoms with Crippen LogP contribution in [0, 0.1) is 34.5 Å². The topological polar surface area (TPSA) is 78.9 Å². The van der Waals surface area contributed by atoms with Crippen LogP contribution in [0.3, 0.4) is 0 Å². The molecule has 5 rings (SSSR count). The number of hydrogen-bond acceptors (Lipinski definition) is 6. The van der Waals surface area contributed by atoms with Crippen LogP contribution in [0.15, 0.2) is 0 Å². The van der Waals surface area contributed by atoms with Gasteiger partial charge in [-0.15, -0.1) is 0 Å². The molecule has 0 aromatic heterocycles. The number of carbonyl (C=O) groups excluding carboxylic acids is 3. The first kappa shape index (κ1) is 21.9. The lowest BCUT2D eigenvalue weighted by Crippen LogP contribution is -2.63. The highest BCUT2D eigenvalue weighted by molar-refractivity contribution is 9.10. The first-order chi connectivity index (χ1) is 14.7. The molecule has 0 radical (unpaired) electrons. The number of ketones is 1. The third-order valence-electron chi connectivity index (χ3n) is 10.0. The van der Waals surface area contributed by atoms with Crippen LogP contribution in [0.2, 0.25) is 0 Å². The van der Waals surface area contributed by atoms with Gasteiger partial charge in [-0.25, -0.2) is 0 Å². The highest BCUT2D eigenvalue weighted by Gasteiger charge is 2.72. The Labute approximate surface area is 192 Å². The molecule has 172 valence electrons. The monoisotopic (exact) mass is 496 g/mol. The minimum absolute atomic E-state index is 0.0127. The summed E-state index contributed by atoms with van der Waals surface area (Å²) in [5, 5.41) is 0. The molecule has 7 heteroatoms. The third kappa shape index (κ3) is 3.01. The molecule has 5 aliphatic rings. The van der Waals surface area contributed by atoms with E-state index in [1.54, 1.807) is 0 Å². The summed E-state index contributed by atoms with van der Waals surface area (Å²) in [6, 6.07) is 0. The first-order valence-corrected chi connectivity index (χ1v) is 12.6. The molecule has 0 N–H and O–H groups in total. The van der Waals surface area contributed by atoms with Gasteiger partial charge in [0, 0.05) is 24.7 Å². The number of rotatable bonds is 5. The number of fused-ring (bicyclic) bond motifs is 3. The van der Waals surface area contributed by atoms with Gasteiger partial charge < -0.3 is 14.2 Å². The second-order valence-electron chi connectivity index (χ2n) is 10.9. The maximum Gasteiger partial charge on any atom is 0.303 e. The van der Waals surface area contributed by atoms with Gasteiger partial charge in [0.15, 0.2) is 5.78 Å². The van der Waals surface area contributed by atoms with Crippen molar-refractivity contribution in [3.05, 3.63) is 0 Å². The zero-order valence-electron chi connectivity index (χ0n) is 18.4. The van der Waals surface area contributed by atoms with Crippen molar-refractivity contribution < 1.29 is 28.6 Å². The lowest BCUT2D eigenvalue weighted by Gasteiger charge is -2.62. The summed E-state index contributed by atoms with van der Waals surface area (Å²) < 4.78 is 16.8. The van der Waals surface area contributed by atoms with Gasteiger partial charge in [-0.2, -0.15) is 0 Å². The fourth-order valence-corrected chi connectivity index (χ4v) is 9.98. The zero-order valence-corrected chi connectivity index (χ0v) is 20.0. The van der Waals surface area contributed by atoms with E-state index in [-0.39, 0.29) is 51.6 Å². The lowest BCUT2D eigenvalue weighted by molar-refractivity contribution is -0.150. The summed E-state index contributed by atoms with van der Waals surface area (Å²) in [5.74, 6) is 1.34. The van der Waals surface area contributed by atoms with Crippen LogP contribution in [0.1, 0.15) is 65.2 Å². The van der Waals surface area contributed by atoms with E-state index in [2.05, 4.69) is 22.9 Å². The van der Waals surface area contributed by atoms with Gasteiger partial charge in [0.2, 0.25) is 0 Å². The fraction of sp³-hybridized carbons (Fsp3) is 0.875. The van der Waals surface area contributed by atoms with E-state index in [0.717, 1.165) is 58.0 Å². The maximum atomic E-state index is 12.9. The van der Waals surface area contributed by atoms with Crippen molar-refractivity contribution >= 4 is 34.2 Å². The molecule has 0 spiro atoms. The number of halogens is 1. The molecule has 5 fully saturated rings. The Morgan fingerprint density at radius 3 is 2.71 bits per heavy atom. The Bertz CT molecular complexity index is 786. The fourth-order valence-electron chi connectivity index (χ4n) is 8.69. The summed E-state index contributed by atoms with van der Waals surface area (Å²) in [6.45, 7) is 4.95. The highest BCUT2D eigenvalue weighted by Crippen LogP contribution is 2.72. The Morgan fingerprint density at radius 2 is 1.97 bits per heavy atom. The van der Waals surface area contributed by atoms with Crippen LogP contribution < -0.4 is 0 Å². The largest absolute Gasteiger partial charge is 0.465 e. The molecule has 0 amide bonds. The summed E-state index contributed by atoms with van der Waals surface area (Å²) in [4.78, 5) is 35.1. The Kier molecular flexibility index (Phi) is 5.32. The van der Waals surface area contributed by atoms with E-state index in [1.807, 2.05) is 0 Å². The molecule has 2 bridgehead atoms. The molecular formula is C24H33BrO6. The number of hydrogen-bond donors (Lipinski definition) is 0. The molecule has 1 heterocycles. The van der Waals surface area contributed by atoms with Gasteiger partial charge in [0.25, 0.3) is 6.47 Å². The highest BCUT2D eigenvalue weighted by atomic mass is 79.9. The molecule has 1 saturated heterocycles. The Balaban J connectivity index is 1.39. The standard InChI is InChI=1S/C24H33BrO6/c1-14(27)29-11-20(28)19-4-3-17-16-9-21-24(25)10-15(31-13-26)5-8-23(24,12-30-21)18(16)6-7-22(17,19)2/h13,15-19,21H,3-12H2,1-2H3/t15?,16?,17?,18?,19-,21-,22+,23+,24+/m1/s1. The molecular weight excluding hydrogens is 464 g/mol. The maximum absolute atomic E-state index is 12.9. The summed E-state index contributed by atoms with van der Waals surface area (Å²) >= 11 is 4.16. The van der Waals surface area contributed by atoms with E-state index in [9.17, 15) is 14.4 Å². The predicted octanol–water partition coefficient (Wildman–Crippen LogP) is 3.83. The smallest absolute Gasteiger partial charge is 0.303 e. The van der Waals surface area contributed by atoms with E-state index >= 15 is 0 Å². The van der Waals surface area contributed by atoms with Crippen LogP contribution in [-0.2, 0) is 28.6 Å². The lowest BCUT2D eigenvalue weighted by atomic mass is 9.44. The van der Waals surface area contributed by atoms with E-state index in [4.69, 9.17) is 14.2 Å². The van der Waals surface area contributed by atoms with Crippen LogP contribution in [0.5, 0.6) is 0 Å². The molecule has 6 nitrogen and oxygen atoms in total. The average molecular weight is 497 g/mol. The second kappa shape index (κ2) is 7.54. The van der Waals surface area contributed by atoms with Crippen LogP contribution >= 0.6 is 15.9 Å². The van der Waals surface area contributed by atoms with Crippen molar-refractivity contribution in [3.8, 4) is 0 Å². The average Bonchev–Trinajstić information content (AvgIpc) is 3.15.